The first-order valence-electron chi connectivity index (χ1n) is 5.64. The monoisotopic (exact) mass is 300 g/mol. The first-order valence-corrected chi connectivity index (χ1v) is 6.77. The van der Waals surface area contributed by atoms with Crippen LogP contribution in [0.25, 0.3) is 0 Å². The Labute approximate surface area is 116 Å². The summed E-state index contributed by atoms with van der Waals surface area (Å²) in [5.41, 5.74) is 3.92. The Morgan fingerprint density at radius 1 is 1.06 bits per heavy atom. The van der Waals surface area contributed by atoms with Gasteiger partial charge in [0.05, 0.1) is 11.3 Å². The molecule has 0 bridgehead atoms. The van der Waals surface area contributed by atoms with E-state index in [9.17, 15) is 0 Å². The van der Waals surface area contributed by atoms with Crippen LogP contribution in [-0.4, -0.2) is 7.05 Å². The molecule has 0 aliphatic rings. The van der Waals surface area contributed by atoms with Gasteiger partial charge in [-0.15, -0.1) is 0 Å². The molecule has 0 radical (unpaired) electrons. The van der Waals surface area contributed by atoms with Gasteiger partial charge in [-0.1, -0.05) is 46.3 Å². The van der Waals surface area contributed by atoms with Crippen molar-refractivity contribution in [3.8, 4) is 6.07 Å². The predicted octanol–water partition coefficient (Wildman–Crippen LogP) is 4.22. The molecular formula is C15H13BrN2. The average molecular weight is 301 g/mol. The SMILES string of the molecule is CN(c1ccccc1C#N)c1ccccc1CBr. The largest absolute Gasteiger partial charge is 0.343 e. The Kier molecular flexibility index (Phi) is 4.01. The van der Waals surface area contributed by atoms with E-state index in [0.717, 1.165) is 16.7 Å². The Balaban J connectivity index is 2.48. The second-order valence-electron chi connectivity index (χ2n) is 3.95. The number of anilines is 2. The molecule has 0 saturated carbocycles. The van der Waals surface area contributed by atoms with Crippen LogP contribution in [0.2, 0.25) is 0 Å². The number of benzene rings is 2. The van der Waals surface area contributed by atoms with Crippen LogP contribution in [0, 0.1) is 11.3 Å². The van der Waals surface area contributed by atoms with Gasteiger partial charge >= 0.3 is 0 Å². The third kappa shape index (κ3) is 2.39. The summed E-state index contributed by atoms with van der Waals surface area (Å²) in [7, 11) is 1.98. The number of hydrogen-bond acceptors (Lipinski definition) is 2. The van der Waals surface area contributed by atoms with E-state index in [2.05, 4.69) is 39.0 Å². The zero-order chi connectivity index (χ0) is 13.0. The van der Waals surface area contributed by atoms with Crippen molar-refractivity contribution < 1.29 is 0 Å². The summed E-state index contributed by atoms with van der Waals surface area (Å²) in [6.45, 7) is 0. The normalized spacial score (nSPS) is 9.83. The maximum absolute atomic E-state index is 9.15. The average Bonchev–Trinajstić information content (AvgIpc) is 2.46. The molecule has 0 N–H and O–H groups in total. The van der Waals surface area contributed by atoms with Crippen molar-refractivity contribution in [3.05, 3.63) is 59.7 Å². The zero-order valence-corrected chi connectivity index (χ0v) is 11.7. The van der Waals surface area contributed by atoms with Crippen molar-refractivity contribution in [3.63, 3.8) is 0 Å². The van der Waals surface area contributed by atoms with Crippen molar-refractivity contribution in [1.29, 1.82) is 5.26 Å². The molecule has 90 valence electrons. The minimum absolute atomic E-state index is 0.685. The molecule has 18 heavy (non-hydrogen) atoms. The van der Waals surface area contributed by atoms with Gasteiger partial charge in [-0.3, -0.25) is 0 Å². The second-order valence-corrected chi connectivity index (χ2v) is 4.51. The van der Waals surface area contributed by atoms with Crippen LogP contribution >= 0.6 is 15.9 Å². The number of alkyl halides is 1. The molecule has 0 atom stereocenters. The molecule has 0 spiro atoms. The maximum Gasteiger partial charge on any atom is 0.101 e. The Hall–Kier alpha value is -1.79. The molecular weight excluding hydrogens is 288 g/mol. The maximum atomic E-state index is 9.15. The van der Waals surface area contributed by atoms with Crippen LogP contribution in [0.3, 0.4) is 0 Å². The predicted molar refractivity (Wildman–Crippen MR) is 78.3 cm³/mol. The molecule has 0 heterocycles. The van der Waals surface area contributed by atoms with Gasteiger partial charge in [0.25, 0.3) is 0 Å². The van der Waals surface area contributed by atoms with E-state index in [1.165, 1.54) is 5.56 Å². The van der Waals surface area contributed by atoms with Crippen LogP contribution in [0.15, 0.2) is 48.5 Å². The molecule has 2 rings (SSSR count). The van der Waals surface area contributed by atoms with Gasteiger partial charge in [0.15, 0.2) is 0 Å². The lowest BCUT2D eigenvalue weighted by atomic mass is 10.1. The Morgan fingerprint density at radius 3 is 2.33 bits per heavy atom. The fraction of sp³-hybridized carbons (Fsp3) is 0.133. The summed E-state index contributed by atoms with van der Waals surface area (Å²) in [6.07, 6.45) is 0. The van der Waals surface area contributed by atoms with Gasteiger partial charge in [-0.05, 0) is 23.8 Å². The highest BCUT2D eigenvalue weighted by Crippen LogP contribution is 2.30. The Bertz CT molecular complexity index is 587. The summed E-state index contributed by atoms with van der Waals surface area (Å²) in [5, 5.41) is 9.95. The van der Waals surface area contributed by atoms with Crippen molar-refractivity contribution >= 4 is 27.3 Å². The van der Waals surface area contributed by atoms with E-state index in [-0.39, 0.29) is 0 Å². The fourth-order valence-corrected chi connectivity index (χ4v) is 2.42. The summed E-state index contributed by atoms with van der Waals surface area (Å²) < 4.78 is 0. The molecule has 0 aliphatic heterocycles. The minimum Gasteiger partial charge on any atom is -0.343 e. The number of rotatable bonds is 3. The smallest absolute Gasteiger partial charge is 0.101 e. The molecule has 2 aromatic carbocycles. The van der Waals surface area contributed by atoms with Crippen molar-refractivity contribution in [2.75, 3.05) is 11.9 Å². The number of para-hydroxylation sites is 2. The van der Waals surface area contributed by atoms with Gasteiger partial charge in [-0.2, -0.15) is 5.26 Å². The molecule has 0 aliphatic carbocycles. The highest BCUT2D eigenvalue weighted by molar-refractivity contribution is 9.08. The standard InChI is InChI=1S/C15H13BrN2/c1-18(14-8-4-2-6-12(14)10-16)15-9-5-3-7-13(15)11-17/h2-9H,10H2,1H3. The van der Waals surface area contributed by atoms with Crippen molar-refractivity contribution in [1.82, 2.24) is 0 Å². The summed E-state index contributed by atoms with van der Waals surface area (Å²) >= 11 is 3.49. The lowest BCUT2D eigenvalue weighted by Gasteiger charge is -2.23. The second kappa shape index (κ2) is 5.70. The Morgan fingerprint density at radius 2 is 1.67 bits per heavy atom. The number of nitriles is 1. The molecule has 0 amide bonds. The van der Waals surface area contributed by atoms with Gasteiger partial charge in [0.1, 0.15) is 6.07 Å². The van der Waals surface area contributed by atoms with Crippen LogP contribution in [-0.2, 0) is 5.33 Å². The fourth-order valence-electron chi connectivity index (χ4n) is 1.94. The van der Waals surface area contributed by atoms with E-state index in [1.54, 1.807) is 0 Å². The van der Waals surface area contributed by atoms with Crippen molar-refractivity contribution in [2.45, 2.75) is 5.33 Å². The number of halogens is 1. The van der Waals surface area contributed by atoms with Crippen LogP contribution in [0.4, 0.5) is 11.4 Å². The summed E-state index contributed by atoms with van der Waals surface area (Å²) in [6, 6.07) is 18.0. The third-order valence-corrected chi connectivity index (χ3v) is 3.49. The van der Waals surface area contributed by atoms with Gasteiger partial charge in [-0.25, -0.2) is 0 Å². The van der Waals surface area contributed by atoms with Crippen molar-refractivity contribution in [2.24, 2.45) is 0 Å². The number of hydrogen-bond donors (Lipinski definition) is 0. The third-order valence-electron chi connectivity index (χ3n) is 2.88. The van der Waals surface area contributed by atoms with Gasteiger partial charge < -0.3 is 4.90 Å². The number of nitrogens with zero attached hydrogens (tertiary/aromatic N) is 2. The van der Waals surface area contributed by atoms with E-state index >= 15 is 0 Å². The van der Waals surface area contributed by atoms with Gasteiger partial charge in [0.2, 0.25) is 0 Å². The first kappa shape index (κ1) is 12.7. The topological polar surface area (TPSA) is 27.0 Å². The quantitative estimate of drug-likeness (QED) is 0.794. The van der Waals surface area contributed by atoms with E-state index in [4.69, 9.17) is 5.26 Å². The molecule has 2 nitrogen and oxygen atoms in total. The molecule has 0 aromatic heterocycles. The zero-order valence-electron chi connectivity index (χ0n) is 10.1. The summed E-state index contributed by atoms with van der Waals surface area (Å²) in [5.74, 6) is 0. The lowest BCUT2D eigenvalue weighted by molar-refractivity contribution is 1.17. The molecule has 0 fully saturated rings. The van der Waals surface area contributed by atoms with E-state index < -0.39 is 0 Å². The van der Waals surface area contributed by atoms with Crippen LogP contribution in [0.5, 0.6) is 0 Å². The highest BCUT2D eigenvalue weighted by atomic mass is 79.9. The van der Waals surface area contributed by atoms with E-state index in [1.807, 2.05) is 43.4 Å². The van der Waals surface area contributed by atoms with E-state index in [0.29, 0.717) is 5.56 Å². The minimum atomic E-state index is 0.685. The molecule has 3 heteroatoms. The molecule has 0 unspecified atom stereocenters. The lowest BCUT2D eigenvalue weighted by Crippen LogP contribution is -2.12. The summed E-state index contributed by atoms with van der Waals surface area (Å²) in [4.78, 5) is 2.05. The highest BCUT2D eigenvalue weighted by Gasteiger charge is 2.11. The van der Waals surface area contributed by atoms with Crippen LogP contribution < -0.4 is 4.90 Å². The van der Waals surface area contributed by atoms with Crippen LogP contribution in [0.1, 0.15) is 11.1 Å². The molecule has 2 aromatic rings. The first-order chi connectivity index (χ1) is 8.77. The van der Waals surface area contributed by atoms with Gasteiger partial charge in [0, 0.05) is 18.1 Å². The molecule has 0 saturated heterocycles.